The molecular weight excluding hydrogens is 342 g/mol. The number of carbonyl (C=O) groups excluding carboxylic acids is 2. The normalized spacial score (nSPS) is 23.9. The standard InChI is InChI=1S/C18H31NO7/c1-6-7-8-13-14(12(11-25-13)18(5,22)23)15(20)24-10-9-19-16(21)26-17(2,3)4/h7-8,12-14,22-23H,6,9-11H2,1-5H3,(H,19,21). The minimum Gasteiger partial charge on any atom is -0.464 e. The van der Waals surface area contributed by atoms with Crippen molar-refractivity contribution in [2.75, 3.05) is 19.8 Å². The number of aliphatic hydroxyl groups is 2. The second-order valence-electron chi connectivity index (χ2n) is 7.46. The number of carbonyl (C=O) groups is 2. The molecule has 1 amide bonds. The summed E-state index contributed by atoms with van der Waals surface area (Å²) in [6.07, 6.45) is 3.17. The summed E-state index contributed by atoms with van der Waals surface area (Å²) in [7, 11) is 0. The van der Waals surface area contributed by atoms with E-state index >= 15 is 0 Å². The van der Waals surface area contributed by atoms with Crippen LogP contribution in [-0.2, 0) is 19.0 Å². The van der Waals surface area contributed by atoms with Crippen molar-refractivity contribution in [1.82, 2.24) is 5.32 Å². The summed E-state index contributed by atoms with van der Waals surface area (Å²) in [6.45, 7) is 8.48. The van der Waals surface area contributed by atoms with Crippen LogP contribution in [0.1, 0.15) is 41.0 Å². The van der Waals surface area contributed by atoms with E-state index in [1.807, 2.05) is 13.0 Å². The van der Waals surface area contributed by atoms with Gasteiger partial charge in [-0.15, -0.1) is 0 Å². The van der Waals surface area contributed by atoms with Crippen LogP contribution in [0.2, 0.25) is 0 Å². The predicted octanol–water partition coefficient (Wildman–Crippen LogP) is 1.35. The van der Waals surface area contributed by atoms with Gasteiger partial charge in [-0.2, -0.15) is 0 Å². The van der Waals surface area contributed by atoms with Crippen LogP contribution >= 0.6 is 0 Å². The van der Waals surface area contributed by atoms with Crippen molar-refractivity contribution in [3.05, 3.63) is 12.2 Å². The molecule has 0 bridgehead atoms. The molecule has 0 aliphatic carbocycles. The van der Waals surface area contributed by atoms with Crippen LogP contribution in [0.15, 0.2) is 12.2 Å². The Morgan fingerprint density at radius 3 is 2.46 bits per heavy atom. The molecule has 0 aromatic rings. The number of hydrogen-bond donors (Lipinski definition) is 3. The maximum atomic E-state index is 12.4. The van der Waals surface area contributed by atoms with Gasteiger partial charge in [0.25, 0.3) is 0 Å². The Labute approximate surface area is 154 Å². The van der Waals surface area contributed by atoms with Crippen molar-refractivity contribution in [3.63, 3.8) is 0 Å². The van der Waals surface area contributed by atoms with Crippen LogP contribution in [0.3, 0.4) is 0 Å². The fourth-order valence-corrected chi connectivity index (χ4v) is 2.61. The summed E-state index contributed by atoms with van der Waals surface area (Å²) in [5, 5.41) is 22.3. The van der Waals surface area contributed by atoms with E-state index in [2.05, 4.69) is 5.32 Å². The van der Waals surface area contributed by atoms with Gasteiger partial charge in [-0.3, -0.25) is 4.79 Å². The number of rotatable bonds is 7. The quantitative estimate of drug-likeness (QED) is 0.267. The smallest absolute Gasteiger partial charge is 0.407 e. The van der Waals surface area contributed by atoms with Gasteiger partial charge in [0.2, 0.25) is 0 Å². The topological polar surface area (TPSA) is 114 Å². The predicted molar refractivity (Wildman–Crippen MR) is 94.2 cm³/mol. The zero-order valence-corrected chi connectivity index (χ0v) is 16.2. The van der Waals surface area contributed by atoms with Crippen LogP contribution < -0.4 is 5.32 Å². The largest absolute Gasteiger partial charge is 0.464 e. The molecule has 26 heavy (non-hydrogen) atoms. The maximum absolute atomic E-state index is 12.4. The van der Waals surface area contributed by atoms with Crippen molar-refractivity contribution >= 4 is 12.1 Å². The van der Waals surface area contributed by atoms with E-state index in [1.54, 1.807) is 26.8 Å². The molecule has 1 aliphatic rings. The molecule has 1 saturated heterocycles. The highest BCUT2D eigenvalue weighted by Gasteiger charge is 2.49. The van der Waals surface area contributed by atoms with Gasteiger partial charge in [0.15, 0.2) is 5.79 Å². The van der Waals surface area contributed by atoms with E-state index in [9.17, 15) is 19.8 Å². The lowest BCUT2D eigenvalue weighted by Gasteiger charge is -2.28. The number of allylic oxidation sites excluding steroid dienone is 1. The van der Waals surface area contributed by atoms with Crippen LogP contribution in [0.25, 0.3) is 0 Å². The number of esters is 1. The summed E-state index contributed by atoms with van der Waals surface area (Å²) in [6, 6.07) is 0. The maximum Gasteiger partial charge on any atom is 0.407 e. The first-order valence-electron chi connectivity index (χ1n) is 8.82. The molecule has 0 radical (unpaired) electrons. The van der Waals surface area contributed by atoms with Crippen LogP contribution in [-0.4, -0.2) is 59.5 Å². The van der Waals surface area contributed by atoms with E-state index in [0.717, 1.165) is 6.42 Å². The minimum absolute atomic E-state index is 0.0398. The summed E-state index contributed by atoms with van der Waals surface area (Å²) < 4.78 is 15.8. The summed E-state index contributed by atoms with van der Waals surface area (Å²) in [5.41, 5.74) is -0.610. The summed E-state index contributed by atoms with van der Waals surface area (Å²) >= 11 is 0. The van der Waals surface area contributed by atoms with Crippen LogP contribution in [0.5, 0.6) is 0 Å². The van der Waals surface area contributed by atoms with Crippen molar-refractivity contribution < 1.29 is 34.0 Å². The monoisotopic (exact) mass is 373 g/mol. The molecule has 8 heteroatoms. The van der Waals surface area contributed by atoms with E-state index in [0.29, 0.717) is 0 Å². The zero-order chi connectivity index (χ0) is 20.0. The molecule has 0 saturated carbocycles. The van der Waals surface area contributed by atoms with Crippen molar-refractivity contribution in [2.45, 2.75) is 58.5 Å². The lowest BCUT2D eigenvalue weighted by molar-refractivity contribution is -0.198. The van der Waals surface area contributed by atoms with Gasteiger partial charge in [0, 0.05) is 0 Å². The molecule has 1 aliphatic heterocycles. The first-order chi connectivity index (χ1) is 12.0. The van der Waals surface area contributed by atoms with Crippen molar-refractivity contribution in [3.8, 4) is 0 Å². The first-order valence-corrected chi connectivity index (χ1v) is 8.82. The molecule has 0 spiro atoms. The molecule has 3 atom stereocenters. The number of hydrogen-bond acceptors (Lipinski definition) is 7. The second kappa shape index (κ2) is 9.34. The highest BCUT2D eigenvalue weighted by Crippen LogP contribution is 2.35. The Morgan fingerprint density at radius 2 is 1.92 bits per heavy atom. The average Bonchev–Trinajstić information content (AvgIpc) is 2.91. The molecule has 8 nitrogen and oxygen atoms in total. The lowest BCUT2D eigenvalue weighted by Crippen LogP contribution is -2.43. The third kappa shape index (κ3) is 7.31. The highest BCUT2D eigenvalue weighted by atomic mass is 16.6. The molecule has 1 heterocycles. The van der Waals surface area contributed by atoms with E-state index in [-0.39, 0.29) is 19.8 Å². The van der Waals surface area contributed by atoms with Gasteiger partial charge in [0.05, 0.1) is 31.1 Å². The average molecular weight is 373 g/mol. The Kier molecular flexibility index (Phi) is 8.05. The van der Waals surface area contributed by atoms with Crippen molar-refractivity contribution in [1.29, 1.82) is 0 Å². The van der Waals surface area contributed by atoms with Gasteiger partial charge >= 0.3 is 12.1 Å². The molecule has 0 aromatic carbocycles. The molecule has 0 aromatic heterocycles. The third-order valence-electron chi connectivity index (χ3n) is 3.81. The first kappa shape index (κ1) is 22.4. The van der Waals surface area contributed by atoms with E-state index in [4.69, 9.17) is 14.2 Å². The fourth-order valence-electron chi connectivity index (χ4n) is 2.61. The number of amides is 1. The van der Waals surface area contributed by atoms with Gasteiger partial charge in [-0.25, -0.2) is 4.79 Å². The lowest BCUT2D eigenvalue weighted by atomic mass is 9.85. The van der Waals surface area contributed by atoms with E-state index in [1.165, 1.54) is 6.92 Å². The summed E-state index contributed by atoms with van der Waals surface area (Å²) in [5.74, 6) is -4.30. The molecule has 3 unspecified atom stereocenters. The second-order valence-corrected chi connectivity index (χ2v) is 7.46. The molecule has 3 N–H and O–H groups in total. The van der Waals surface area contributed by atoms with Crippen LogP contribution in [0, 0.1) is 11.8 Å². The Balaban J connectivity index is 2.58. The molecule has 1 fully saturated rings. The number of alkyl carbamates (subject to hydrolysis) is 1. The third-order valence-corrected chi connectivity index (χ3v) is 3.81. The van der Waals surface area contributed by atoms with Crippen molar-refractivity contribution in [2.24, 2.45) is 11.8 Å². The van der Waals surface area contributed by atoms with Gasteiger partial charge in [0.1, 0.15) is 12.2 Å². The summed E-state index contributed by atoms with van der Waals surface area (Å²) in [4.78, 5) is 24.0. The highest BCUT2D eigenvalue weighted by molar-refractivity contribution is 5.74. The zero-order valence-electron chi connectivity index (χ0n) is 16.2. The Morgan fingerprint density at radius 1 is 1.27 bits per heavy atom. The van der Waals surface area contributed by atoms with Gasteiger partial charge < -0.3 is 29.7 Å². The minimum atomic E-state index is -2.06. The van der Waals surface area contributed by atoms with E-state index < -0.39 is 41.4 Å². The Hall–Kier alpha value is -1.64. The van der Waals surface area contributed by atoms with Gasteiger partial charge in [-0.1, -0.05) is 19.1 Å². The Bertz CT molecular complexity index is 505. The van der Waals surface area contributed by atoms with Gasteiger partial charge in [-0.05, 0) is 34.1 Å². The molecule has 150 valence electrons. The van der Waals surface area contributed by atoms with Crippen LogP contribution in [0.4, 0.5) is 4.79 Å². The molecular formula is C18H31NO7. The number of ether oxygens (including phenoxy) is 3. The SMILES string of the molecule is CCC=CC1OCC(C(C)(O)O)C1C(=O)OCCNC(=O)OC(C)(C)C. The number of nitrogens with one attached hydrogen (secondary N) is 1. The molecule has 1 rings (SSSR count). The fraction of sp³-hybridized carbons (Fsp3) is 0.778.